The largest absolute Gasteiger partial charge is 0.389 e. The molecule has 17 heavy (non-hydrogen) atoms. The van der Waals surface area contributed by atoms with Crippen LogP contribution >= 0.6 is 0 Å². The standard InChI is InChI=1S/C9H17F3N2O2S/c1-8-7-13-4-5-14(8)17(15,16)6-2-3-9(10,11)12/h8,13H,2-7H2,1H3/t8-/m1/s1. The van der Waals surface area contributed by atoms with Crippen molar-refractivity contribution in [1.82, 2.24) is 9.62 Å². The predicted molar refractivity (Wildman–Crippen MR) is 58.1 cm³/mol. The highest BCUT2D eigenvalue weighted by molar-refractivity contribution is 7.89. The molecule has 0 spiro atoms. The van der Waals surface area contributed by atoms with E-state index in [2.05, 4.69) is 5.32 Å². The highest BCUT2D eigenvalue weighted by Gasteiger charge is 2.31. The van der Waals surface area contributed by atoms with Gasteiger partial charge in [-0.2, -0.15) is 17.5 Å². The molecule has 1 heterocycles. The van der Waals surface area contributed by atoms with Crippen molar-refractivity contribution in [2.75, 3.05) is 25.4 Å². The highest BCUT2D eigenvalue weighted by Crippen LogP contribution is 2.22. The van der Waals surface area contributed by atoms with Crippen molar-refractivity contribution in [2.24, 2.45) is 0 Å². The molecule has 0 unspecified atom stereocenters. The van der Waals surface area contributed by atoms with Crippen molar-refractivity contribution in [2.45, 2.75) is 32.0 Å². The number of sulfonamides is 1. The lowest BCUT2D eigenvalue weighted by atomic mass is 10.3. The first-order chi connectivity index (χ1) is 7.72. The van der Waals surface area contributed by atoms with Gasteiger partial charge in [-0.25, -0.2) is 8.42 Å². The van der Waals surface area contributed by atoms with Gasteiger partial charge in [0.15, 0.2) is 0 Å². The summed E-state index contributed by atoms with van der Waals surface area (Å²) in [4.78, 5) is 0. The molecule has 0 aromatic carbocycles. The summed E-state index contributed by atoms with van der Waals surface area (Å²) in [6.07, 6.45) is -5.71. The van der Waals surface area contributed by atoms with E-state index in [0.717, 1.165) is 0 Å². The van der Waals surface area contributed by atoms with Crippen LogP contribution in [-0.4, -0.2) is 50.3 Å². The van der Waals surface area contributed by atoms with Crippen LogP contribution in [0.5, 0.6) is 0 Å². The number of halogens is 3. The molecule has 0 aromatic heterocycles. The van der Waals surface area contributed by atoms with Crippen molar-refractivity contribution in [1.29, 1.82) is 0 Å². The summed E-state index contributed by atoms with van der Waals surface area (Å²) < 4.78 is 60.7. The fourth-order valence-electron chi connectivity index (χ4n) is 1.81. The van der Waals surface area contributed by atoms with E-state index in [-0.39, 0.29) is 12.5 Å². The zero-order chi connectivity index (χ0) is 13.1. The molecule has 4 nitrogen and oxygen atoms in total. The second kappa shape index (κ2) is 5.53. The molecule has 1 aliphatic heterocycles. The van der Waals surface area contributed by atoms with Gasteiger partial charge in [0, 0.05) is 32.1 Å². The smallest absolute Gasteiger partial charge is 0.314 e. The Hall–Kier alpha value is -0.340. The van der Waals surface area contributed by atoms with Gasteiger partial charge in [-0.15, -0.1) is 0 Å². The van der Waals surface area contributed by atoms with Gasteiger partial charge in [-0.3, -0.25) is 0 Å². The molecular weight excluding hydrogens is 257 g/mol. The van der Waals surface area contributed by atoms with Gasteiger partial charge in [0.25, 0.3) is 0 Å². The first kappa shape index (κ1) is 14.7. The Morgan fingerprint density at radius 2 is 2.06 bits per heavy atom. The molecule has 8 heteroatoms. The molecule has 0 amide bonds. The van der Waals surface area contributed by atoms with Gasteiger partial charge in [-0.1, -0.05) is 0 Å². The lowest BCUT2D eigenvalue weighted by Gasteiger charge is -2.32. The number of rotatable bonds is 4. The second-order valence-corrected chi connectivity index (χ2v) is 6.24. The van der Waals surface area contributed by atoms with Crippen molar-refractivity contribution in [3.63, 3.8) is 0 Å². The molecule has 0 bridgehead atoms. The first-order valence-electron chi connectivity index (χ1n) is 5.49. The lowest BCUT2D eigenvalue weighted by molar-refractivity contribution is -0.134. The third-order valence-electron chi connectivity index (χ3n) is 2.66. The summed E-state index contributed by atoms with van der Waals surface area (Å²) in [5.74, 6) is -0.434. The molecule has 1 aliphatic rings. The molecule has 0 radical (unpaired) electrons. The molecule has 1 fully saturated rings. The number of hydrogen-bond donors (Lipinski definition) is 1. The Kier molecular flexibility index (Phi) is 4.79. The lowest BCUT2D eigenvalue weighted by Crippen LogP contribution is -2.52. The quantitative estimate of drug-likeness (QED) is 0.830. The van der Waals surface area contributed by atoms with Crippen LogP contribution in [0.2, 0.25) is 0 Å². The highest BCUT2D eigenvalue weighted by atomic mass is 32.2. The maximum atomic E-state index is 11.9. The van der Waals surface area contributed by atoms with E-state index >= 15 is 0 Å². The van der Waals surface area contributed by atoms with E-state index in [1.165, 1.54) is 4.31 Å². The van der Waals surface area contributed by atoms with Crippen LogP contribution in [0.1, 0.15) is 19.8 Å². The average molecular weight is 274 g/mol. The molecule has 1 atom stereocenters. The van der Waals surface area contributed by atoms with Gasteiger partial charge in [0.1, 0.15) is 0 Å². The molecule has 0 aliphatic carbocycles. The number of hydrogen-bond acceptors (Lipinski definition) is 3. The summed E-state index contributed by atoms with van der Waals surface area (Å²) in [7, 11) is -3.56. The summed E-state index contributed by atoms with van der Waals surface area (Å²) >= 11 is 0. The minimum Gasteiger partial charge on any atom is -0.314 e. The van der Waals surface area contributed by atoms with E-state index in [4.69, 9.17) is 0 Å². The average Bonchev–Trinajstić information content (AvgIpc) is 2.15. The van der Waals surface area contributed by atoms with Crippen molar-refractivity contribution in [3.8, 4) is 0 Å². The van der Waals surface area contributed by atoms with Gasteiger partial charge in [0.2, 0.25) is 10.0 Å². The maximum absolute atomic E-state index is 11.9. The van der Waals surface area contributed by atoms with Gasteiger partial charge in [0.05, 0.1) is 5.75 Å². The van der Waals surface area contributed by atoms with Crippen LogP contribution < -0.4 is 5.32 Å². The first-order valence-corrected chi connectivity index (χ1v) is 7.10. The zero-order valence-corrected chi connectivity index (χ0v) is 10.4. The minimum atomic E-state index is -4.29. The minimum absolute atomic E-state index is 0.195. The van der Waals surface area contributed by atoms with Crippen LogP contribution in [0.25, 0.3) is 0 Å². The fraction of sp³-hybridized carbons (Fsp3) is 1.00. The summed E-state index contributed by atoms with van der Waals surface area (Å²) in [6, 6.07) is -0.195. The Morgan fingerprint density at radius 1 is 1.41 bits per heavy atom. The van der Waals surface area contributed by atoms with Crippen molar-refractivity contribution >= 4 is 10.0 Å². The Bertz CT molecular complexity index is 343. The molecule has 1 rings (SSSR count). The Morgan fingerprint density at radius 3 is 2.59 bits per heavy atom. The van der Waals surface area contributed by atoms with Gasteiger partial charge < -0.3 is 5.32 Å². The number of alkyl halides is 3. The topological polar surface area (TPSA) is 49.4 Å². The number of nitrogens with one attached hydrogen (secondary N) is 1. The van der Waals surface area contributed by atoms with Gasteiger partial charge in [-0.05, 0) is 13.3 Å². The van der Waals surface area contributed by atoms with E-state index < -0.39 is 28.4 Å². The number of piperazine rings is 1. The molecular formula is C9H17F3N2O2S. The summed E-state index contributed by atoms with van der Waals surface area (Å²) in [5.41, 5.74) is 0. The third kappa shape index (κ3) is 4.81. The predicted octanol–water partition coefficient (Wildman–Crippen LogP) is 0.952. The number of nitrogens with zero attached hydrogens (tertiary/aromatic N) is 1. The molecule has 1 saturated heterocycles. The molecule has 1 N–H and O–H groups in total. The van der Waals surface area contributed by atoms with E-state index in [1.807, 2.05) is 0 Å². The van der Waals surface area contributed by atoms with Crippen molar-refractivity contribution in [3.05, 3.63) is 0 Å². The second-order valence-electron chi connectivity index (χ2n) is 4.20. The maximum Gasteiger partial charge on any atom is 0.389 e. The fourth-order valence-corrected chi connectivity index (χ4v) is 3.54. The van der Waals surface area contributed by atoms with E-state index in [0.29, 0.717) is 19.6 Å². The van der Waals surface area contributed by atoms with E-state index in [1.54, 1.807) is 6.92 Å². The normalized spacial score (nSPS) is 23.9. The summed E-state index contributed by atoms with van der Waals surface area (Å²) in [5, 5.41) is 3.03. The van der Waals surface area contributed by atoms with Crippen molar-refractivity contribution < 1.29 is 21.6 Å². The van der Waals surface area contributed by atoms with Crippen LogP contribution in [-0.2, 0) is 10.0 Å². The third-order valence-corrected chi connectivity index (χ3v) is 4.72. The van der Waals surface area contributed by atoms with Crippen LogP contribution in [0.3, 0.4) is 0 Å². The van der Waals surface area contributed by atoms with Crippen LogP contribution in [0.4, 0.5) is 13.2 Å². The summed E-state index contributed by atoms with van der Waals surface area (Å²) in [6.45, 7) is 3.16. The Balaban J connectivity index is 2.50. The molecule has 0 aromatic rings. The SMILES string of the molecule is C[C@@H]1CNCCN1S(=O)(=O)CCCC(F)(F)F. The van der Waals surface area contributed by atoms with Crippen LogP contribution in [0, 0.1) is 0 Å². The molecule has 102 valence electrons. The Labute approximate surface area is 99.2 Å². The molecule has 0 saturated carbocycles. The monoisotopic (exact) mass is 274 g/mol. The zero-order valence-electron chi connectivity index (χ0n) is 9.63. The van der Waals surface area contributed by atoms with Gasteiger partial charge >= 0.3 is 6.18 Å². The van der Waals surface area contributed by atoms with E-state index in [9.17, 15) is 21.6 Å². The van der Waals surface area contributed by atoms with Crippen LogP contribution in [0.15, 0.2) is 0 Å².